The van der Waals surface area contributed by atoms with Crippen molar-refractivity contribution in [3.8, 4) is 5.75 Å². The Morgan fingerprint density at radius 1 is 1.15 bits per heavy atom. The van der Waals surface area contributed by atoms with Crippen LogP contribution in [0.3, 0.4) is 0 Å². The molecule has 2 aliphatic heterocycles. The van der Waals surface area contributed by atoms with Crippen LogP contribution in [0.5, 0.6) is 5.75 Å². The molecule has 1 N–H and O–H groups in total. The number of nitrogens with zero attached hydrogens (tertiary/aromatic N) is 2. The molecule has 0 saturated carbocycles. The average molecular weight is 359 g/mol. The molecule has 0 bridgehead atoms. The Labute approximate surface area is 153 Å². The molecule has 0 aliphatic carbocycles. The van der Waals surface area contributed by atoms with Crippen molar-refractivity contribution in [1.82, 2.24) is 10.2 Å². The highest BCUT2D eigenvalue weighted by molar-refractivity contribution is 5.97. The topological polar surface area (TPSA) is 79.0 Å². The monoisotopic (exact) mass is 359 g/mol. The summed E-state index contributed by atoms with van der Waals surface area (Å²) >= 11 is 0. The molecule has 0 radical (unpaired) electrons. The van der Waals surface area contributed by atoms with Crippen LogP contribution < -0.4 is 15.0 Å². The van der Waals surface area contributed by atoms with Crippen LogP contribution in [0.2, 0.25) is 0 Å². The van der Waals surface area contributed by atoms with Gasteiger partial charge in [0.25, 0.3) is 0 Å². The van der Waals surface area contributed by atoms with Gasteiger partial charge < -0.3 is 19.9 Å². The highest BCUT2D eigenvalue weighted by Crippen LogP contribution is 2.31. The van der Waals surface area contributed by atoms with E-state index in [1.165, 1.54) is 0 Å². The summed E-state index contributed by atoms with van der Waals surface area (Å²) in [4.78, 5) is 39.4. The van der Waals surface area contributed by atoms with Crippen LogP contribution >= 0.6 is 0 Å². The molecule has 140 valence electrons. The fraction of sp³-hybridized carbons (Fsp3) is 0.526. The summed E-state index contributed by atoms with van der Waals surface area (Å²) in [6.45, 7) is 2.99. The third kappa shape index (κ3) is 4.53. The van der Waals surface area contributed by atoms with Gasteiger partial charge >= 0.3 is 0 Å². The normalized spacial score (nSPS) is 16.2. The van der Waals surface area contributed by atoms with Gasteiger partial charge in [-0.1, -0.05) is 12.1 Å². The minimum Gasteiger partial charge on any atom is -0.490 e. The zero-order valence-corrected chi connectivity index (χ0v) is 14.9. The van der Waals surface area contributed by atoms with Crippen molar-refractivity contribution >= 4 is 23.4 Å². The first-order valence-electron chi connectivity index (χ1n) is 9.22. The lowest BCUT2D eigenvalue weighted by Gasteiger charge is -2.29. The number of benzene rings is 1. The average Bonchev–Trinajstić information content (AvgIpc) is 3.07. The fourth-order valence-electron chi connectivity index (χ4n) is 3.31. The second-order valence-corrected chi connectivity index (χ2v) is 6.55. The Morgan fingerprint density at radius 2 is 2.00 bits per heavy atom. The zero-order valence-electron chi connectivity index (χ0n) is 14.9. The van der Waals surface area contributed by atoms with Crippen molar-refractivity contribution in [3.05, 3.63) is 24.3 Å². The van der Waals surface area contributed by atoms with Crippen LogP contribution in [-0.2, 0) is 14.4 Å². The molecule has 0 atom stereocenters. The minimum absolute atomic E-state index is 0.0708. The third-order valence-electron chi connectivity index (χ3n) is 4.69. The van der Waals surface area contributed by atoms with Crippen molar-refractivity contribution in [3.63, 3.8) is 0 Å². The lowest BCUT2D eigenvalue weighted by atomic mass is 10.2. The summed E-state index contributed by atoms with van der Waals surface area (Å²) in [7, 11) is 0. The van der Waals surface area contributed by atoms with Gasteiger partial charge in [0.2, 0.25) is 17.7 Å². The number of likely N-dealkylation sites (tertiary alicyclic amines) is 1. The van der Waals surface area contributed by atoms with E-state index >= 15 is 0 Å². The van der Waals surface area contributed by atoms with E-state index in [1.807, 2.05) is 29.2 Å². The summed E-state index contributed by atoms with van der Waals surface area (Å²) in [5.74, 6) is 0.701. The standard InChI is InChI=1S/C19H25N3O4/c23-17(20-10-4-12-21-11-3-7-18(21)24)8-9-19(25)22-13-14-26-16-6-2-1-5-15(16)22/h1-2,5-6H,3-4,7-14H2,(H,20,23). The molecular formula is C19H25N3O4. The molecule has 1 fully saturated rings. The highest BCUT2D eigenvalue weighted by Gasteiger charge is 2.23. The van der Waals surface area contributed by atoms with Gasteiger partial charge in [0.05, 0.1) is 12.2 Å². The lowest BCUT2D eigenvalue weighted by molar-refractivity contribution is -0.127. The van der Waals surface area contributed by atoms with E-state index in [0.29, 0.717) is 38.4 Å². The number of para-hydroxylation sites is 2. The molecule has 3 rings (SSSR count). The second-order valence-electron chi connectivity index (χ2n) is 6.55. The summed E-state index contributed by atoms with van der Waals surface area (Å²) < 4.78 is 5.54. The number of hydrogen-bond acceptors (Lipinski definition) is 4. The Balaban J connectivity index is 1.37. The highest BCUT2D eigenvalue weighted by atomic mass is 16.5. The number of carbonyl (C=O) groups is 3. The molecule has 3 amide bonds. The van der Waals surface area contributed by atoms with E-state index < -0.39 is 0 Å². The van der Waals surface area contributed by atoms with Gasteiger partial charge in [-0.15, -0.1) is 0 Å². The zero-order chi connectivity index (χ0) is 18.4. The SMILES string of the molecule is O=C(CCC(=O)N1CCOc2ccccc21)NCCCN1CCCC1=O. The van der Waals surface area contributed by atoms with E-state index in [-0.39, 0.29) is 30.6 Å². The Bertz CT molecular complexity index is 677. The largest absolute Gasteiger partial charge is 0.490 e. The summed E-state index contributed by atoms with van der Waals surface area (Å²) in [6, 6.07) is 7.43. The van der Waals surface area contributed by atoms with E-state index in [1.54, 1.807) is 4.90 Å². The number of anilines is 1. The molecule has 1 saturated heterocycles. The molecule has 0 aromatic heterocycles. The van der Waals surface area contributed by atoms with Crippen molar-refractivity contribution in [2.75, 3.05) is 37.7 Å². The van der Waals surface area contributed by atoms with Gasteiger partial charge in [0.1, 0.15) is 12.4 Å². The summed E-state index contributed by atoms with van der Waals surface area (Å²) in [6.07, 6.45) is 2.64. The van der Waals surface area contributed by atoms with Crippen LogP contribution in [0.4, 0.5) is 5.69 Å². The van der Waals surface area contributed by atoms with Gasteiger partial charge in [-0.25, -0.2) is 0 Å². The van der Waals surface area contributed by atoms with Crippen molar-refractivity contribution in [1.29, 1.82) is 0 Å². The maximum absolute atomic E-state index is 12.5. The maximum Gasteiger partial charge on any atom is 0.227 e. The van der Waals surface area contributed by atoms with Gasteiger partial charge in [-0.05, 0) is 25.0 Å². The first-order chi connectivity index (χ1) is 12.6. The predicted molar refractivity (Wildman–Crippen MR) is 97.0 cm³/mol. The van der Waals surface area contributed by atoms with E-state index in [2.05, 4.69) is 5.32 Å². The number of hydrogen-bond donors (Lipinski definition) is 1. The molecule has 1 aromatic carbocycles. The van der Waals surface area contributed by atoms with Gasteiger partial charge in [-0.3, -0.25) is 14.4 Å². The first-order valence-corrected chi connectivity index (χ1v) is 9.22. The number of ether oxygens (including phenoxy) is 1. The second kappa shape index (κ2) is 8.69. The fourth-order valence-corrected chi connectivity index (χ4v) is 3.31. The molecular weight excluding hydrogens is 334 g/mol. The number of fused-ring (bicyclic) bond motifs is 1. The van der Waals surface area contributed by atoms with Crippen LogP contribution in [0.15, 0.2) is 24.3 Å². The molecule has 7 nitrogen and oxygen atoms in total. The molecule has 0 unspecified atom stereocenters. The first kappa shape index (κ1) is 18.2. The third-order valence-corrected chi connectivity index (χ3v) is 4.69. The van der Waals surface area contributed by atoms with Crippen LogP contribution in [0, 0.1) is 0 Å². The van der Waals surface area contributed by atoms with Crippen molar-refractivity contribution in [2.24, 2.45) is 0 Å². The van der Waals surface area contributed by atoms with E-state index in [9.17, 15) is 14.4 Å². The lowest BCUT2D eigenvalue weighted by Crippen LogP contribution is -2.38. The Morgan fingerprint density at radius 3 is 2.81 bits per heavy atom. The maximum atomic E-state index is 12.5. The molecule has 1 aromatic rings. The number of carbonyl (C=O) groups excluding carboxylic acids is 3. The molecule has 0 spiro atoms. The van der Waals surface area contributed by atoms with Crippen LogP contribution in [0.25, 0.3) is 0 Å². The summed E-state index contributed by atoms with van der Waals surface area (Å²) in [5.41, 5.74) is 0.763. The Hall–Kier alpha value is -2.57. The minimum atomic E-state index is -0.132. The molecule has 7 heteroatoms. The number of amides is 3. The molecule has 2 heterocycles. The van der Waals surface area contributed by atoms with Crippen molar-refractivity contribution in [2.45, 2.75) is 32.1 Å². The van der Waals surface area contributed by atoms with Crippen LogP contribution in [-0.4, -0.2) is 55.4 Å². The van der Waals surface area contributed by atoms with Crippen molar-refractivity contribution < 1.29 is 19.1 Å². The number of rotatable bonds is 7. The quantitative estimate of drug-likeness (QED) is 0.745. The van der Waals surface area contributed by atoms with Gasteiger partial charge in [0.15, 0.2) is 0 Å². The van der Waals surface area contributed by atoms with E-state index in [0.717, 1.165) is 25.1 Å². The van der Waals surface area contributed by atoms with Gasteiger partial charge in [-0.2, -0.15) is 0 Å². The number of nitrogens with one attached hydrogen (secondary N) is 1. The molecule has 26 heavy (non-hydrogen) atoms. The molecule has 2 aliphatic rings. The summed E-state index contributed by atoms with van der Waals surface area (Å²) in [5, 5.41) is 2.83. The van der Waals surface area contributed by atoms with E-state index in [4.69, 9.17) is 4.74 Å². The van der Waals surface area contributed by atoms with Crippen LogP contribution in [0.1, 0.15) is 32.1 Å². The predicted octanol–water partition coefficient (Wildman–Crippen LogP) is 1.32. The Kier molecular flexibility index (Phi) is 6.09. The van der Waals surface area contributed by atoms with Gasteiger partial charge in [0, 0.05) is 38.9 Å². The smallest absolute Gasteiger partial charge is 0.227 e.